The molecule has 1 aromatic heterocycles. The number of amides is 2. The molecule has 5 nitrogen and oxygen atoms in total. The van der Waals surface area contributed by atoms with E-state index in [1.54, 1.807) is 17.4 Å². The van der Waals surface area contributed by atoms with E-state index in [4.69, 9.17) is 5.73 Å². The van der Waals surface area contributed by atoms with Gasteiger partial charge >= 0.3 is 0 Å². The third kappa shape index (κ3) is 4.47. The maximum absolute atomic E-state index is 12.1. The molecule has 2 amide bonds. The maximum Gasteiger partial charge on any atom is 0.246 e. The standard InChI is InChI=1S/C14H19N3O2S/c15-13(18)10-16-5-1-6-17(8-7-16)14(19)3-2-12-4-9-20-11-12/h2-4,9,11H,1,5-8,10H2,(H2,15,18)/b3-2+. The van der Waals surface area contributed by atoms with Crippen LogP contribution < -0.4 is 5.73 Å². The Labute approximate surface area is 122 Å². The van der Waals surface area contributed by atoms with Gasteiger partial charge in [-0.1, -0.05) is 0 Å². The molecular weight excluding hydrogens is 274 g/mol. The van der Waals surface area contributed by atoms with E-state index in [9.17, 15) is 9.59 Å². The summed E-state index contributed by atoms with van der Waals surface area (Å²) in [5.74, 6) is -0.292. The largest absolute Gasteiger partial charge is 0.369 e. The predicted octanol–water partition coefficient (Wildman–Crippen LogP) is 0.781. The van der Waals surface area contributed by atoms with E-state index in [0.29, 0.717) is 13.1 Å². The normalized spacial score (nSPS) is 17.3. The molecule has 0 aliphatic carbocycles. The molecule has 0 aromatic carbocycles. The Bertz CT molecular complexity index is 485. The van der Waals surface area contributed by atoms with Gasteiger partial charge in [0.15, 0.2) is 0 Å². The van der Waals surface area contributed by atoms with E-state index < -0.39 is 0 Å². The fourth-order valence-corrected chi connectivity index (χ4v) is 2.84. The molecule has 0 saturated carbocycles. The van der Waals surface area contributed by atoms with E-state index in [0.717, 1.165) is 25.1 Å². The quantitative estimate of drug-likeness (QED) is 0.834. The molecule has 0 spiro atoms. The smallest absolute Gasteiger partial charge is 0.246 e. The second kappa shape index (κ2) is 7.21. The lowest BCUT2D eigenvalue weighted by Crippen LogP contribution is -2.37. The van der Waals surface area contributed by atoms with E-state index in [-0.39, 0.29) is 18.4 Å². The van der Waals surface area contributed by atoms with Crippen LogP contribution >= 0.6 is 11.3 Å². The van der Waals surface area contributed by atoms with Crippen molar-refractivity contribution in [2.75, 3.05) is 32.7 Å². The Kier molecular flexibility index (Phi) is 5.31. The molecule has 1 fully saturated rings. The molecule has 1 aliphatic heterocycles. The molecule has 0 unspecified atom stereocenters. The van der Waals surface area contributed by atoms with Crippen molar-refractivity contribution in [3.8, 4) is 0 Å². The van der Waals surface area contributed by atoms with Crippen LogP contribution in [0.25, 0.3) is 6.08 Å². The number of primary amides is 1. The van der Waals surface area contributed by atoms with Crippen LogP contribution in [0.5, 0.6) is 0 Å². The summed E-state index contributed by atoms with van der Waals surface area (Å²) in [5.41, 5.74) is 6.25. The van der Waals surface area contributed by atoms with Crippen LogP contribution in [0.3, 0.4) is 0 Å². The zero-order valence-electron chi connectivity index (χ0n) is 11.3. The van der Waals surface area contributed by atoms with Crippen LogP contribution in [0.1, 0.15) is 12.0 Å². The van der Waals surface area contributed by atoms with Crippen molar-refractivity contribution in [2.24, 2.45) is 5.73 Å². The van der Waals surface area contributed by atoms with Gasteiger partial charge in [-0.25, -0.2) is 0 Å². The minimum Gasteiger partial charge on any atom is -0.369 e. The van der Waals surface area contributed by atoms with Crippen molar-refractivity contribution in [3.63, 3.8) is 0 Å². The molecule has 108 valence electrons. The maximum atomic E-state index is 12.1. The average Bonchev–Trinajstić information content (AvgIpc) is 2.82. The van der Waals surface area contributed by atoms with Gasteiger partial charge in [-0.2, -0.15) is 11.3 Å². The highest BCUT2D eigenvalue weighted by Crippen LogP contribution is 2.09. The number of rotatable bonds is 4. The van der Waals surface area contributed by atoms with Crippen molar-refractivity contribution in [1.82, 2.24) is 9.80 Å². The Morgan fingerprint density at radius 2 is 2.15 bits per heavy atom. The van der Waals surface area contributed by atoms with Crippen LogP contribution in [0.2, 0.25) is 0 Å². The van der Waals surface area contributed by atoms with Crippen LogP contribution in [0.4, 0.5) is 0 Å². The van der Waals surface area contributed by atoms with Crippen molar-refractivity contribution in [1.29, 1.82) is 0 Å². The van der Waals surface area contributed by atoms with Crippen LogP contribution in [-0.2, 0) is 9.59 Å². The zero-order valence-corrected chi connectivity index (χ0v) is 12.1. The van der Waals surface area contributed by atoms with Gasteiger partial charge in [-0.05, 0) is 34.9 Å². The molecular formula is C14H19N3O2S. The Morgan fingerprint density at radius 1 is 1.30 bits per heavy atom. The summed E-state index contributed by atoms with van der Waals surface area (Å²) < 4.78 is 0. The first-order valence-electron chi connectivity index (χ1n) is 6.65. The van der Waals surface area contributed by atoms with E-state index in [2.05, 4.69) is 0 Å². The van der Waals surface area contributed by atoms with Gasteiger partial charge in [0.2, 0.25) is 11.8 Å². The first kappa shape index (κ1) is 14.7. The zero-order chi connectivity index (χ0) is 14.4. The molecule has 2 rings (SSSR count). The molecule has 0 atom stereocenters. The molecule has 20 heavy (non-hydrogen) atoms. The van der Waals surface area contributed by atoms with Gasteiger partial charge in [0, 0.05) is 32.3 Å². The fraction of sp³-hybridized carbons (Fsp3) is 0.429. The highest BCUT2D eigenvalue weighted by atomic mass is 32.1. The topological polar surface area (TPSA) is 66.6 Å². The Morgan fingerprint density at radius 3 is 2.85 bits per heavy atom. The van der Waals surface area contributed by atoms with E-state index in [1.807, 2.05) is 32.7 Å². The lowest BCUT2D eigenvalue weighted by molar-refractivity contribution is -0.125. The number of carbonyl (C=O) groups excluding carboxylic acids is 2. The molecule has 1 saturated heterocycles. The van der Waals surface area contributed by atoms with Crippen molar-refractivity contribution in [3.05, 3.63) is 28.5 Å². The third-order valence-corrected chi connectivity index (χ3v) is 3.94. The summed E-state index contributed by atoms with van der Waals surface area (Å²) in [4.78, 5) is 26.8. The van der Waals surface area contributed by atoms with Gasteiger partial charge in [0.05, 0.1) is 6.54 Å². The SMILES string of the molecule is NC(=O)CN1CCCN(C(=O)/C=C/c2ccsc2)CC1. The number of hydrogen-bond acceptors (Lipinski definition) is 4. The summed E-state index contributed by atoms with van der Waals surface area (Å²) in [7, 11) is 0. The second-order valence-electron chi connectivity index (χ2n) is 4.81. The van der Waals surface area contributed by atoms with Gasteiger partial charge in [0.25, 0.3) is 0 Å². The van der Waals surface area contributed by atoms with Crippen LogP contribution in [-0.4, -0.2) is 54.3 Å². The lowest BCUT2D eigenvalue weighted by Gasteiger charge is -2.19. The number of nitrogens with zero attached hydrogens (tertiary/aromatic N) is 2. The fourth-order valence-electron chi connectivity index (χ4n) is 2.21. The molecule has 0 radical (unpaired) electrons. The lowest BCUT2D eigenvalue weighted by atomic mass is 10.3. The molecule has 6 heteroatoms. The predicted molar refractivity (Wildman–Crippen MR) is 80.2 cm³/mol. The highest BCUT2D eigenvalue weighted by molar-refractivity contribution is 7.08. The van der Waals surface area contributed by atoms with Crippen molar-refractivity contribution < 1.29 is 9.59 Å². The number of thiophene rings is 1. The monoisotopic (exact) mass is 293 g/mol. The average molecular weight is 293 g/mol. The summed E-state index contributed by atoms with van der Waals surface area (Å²) >= 11 is 1.61. The van der Waals surface area contributed by atoms with Crippen LogP contribution in [0.15, 0.2) is 22.9 Å². The first-order valence-corrected chi connectivity index (χ1v) is 7.59. The summed E-state index contributed by atoms with van der Waals surface area (Å²) in [6, 6.07) is 1.98. The van der Waals surface area contributed by atoms with Gasteiger partial charge in [-0.3, -0.25) is 14.5 Å². The van der Waals surface area contributed by atoms with Crippen LogP contribution in [0, 0.1) is 0 Å². The van der Waals surface area contributed by atoms with Crippen molar-refractivity contribution in [2.45, 2.75) is 6.42 Å². The summed E-state index contributed by atoms with van der Waals surface area (Å²) in [6.07, 6.45) is 4.32. The minimum atomic E-state index is -0.317. The Balaban J connectivity index is 1.86. The number of hydrogen-bond donors (Lipinski definition) is 1. The molecule has 1 aromatic rings. The minimum absolute atomic E-state index is 0.0251. The molecule has 2 N–H and O–H groups in total. The molecule has 1 aliphatic rings. The Hall–Kier alpha value is -1.66. The molecule has 0 bridgehead atoms. The summed E-state index contributed by atoms with van der Waals surface area (Å²) in [6.45, 7) is 3.14. The second-order valence-corrected chi connectivity index (χ2v) is 5.59. The third-order valence-electron chi connectivity index (χ3n) is 3.24. The van der Waals surface area contributed by atoms with Gasteiger partial charge in [-0.15, -0.1) is 0 Å². The van der Waals surface area contributed by atoms with E-state index >= 15 is 0 Å². The summed E-state index contributed by atoms with van der Waals surface area (Å²) in [5, 5.41) is 3.98. The van der Waals surface area contributed by atoms with Crippen molar-refractivity contribution >= 4 is 29.2 Å². The highest BCUT2D eigenvalue weighted by Gasteiger charge is 2.18. The van der Waals surface area contributed by atoms with Gasteiger partial charge in [0.1, 0.15) is 0 Å². The van der Waals surface area contributed by atoms with E-state index in [1.165, 1.54) is 0 Å². The number of nitrogens with two attached hydrogens (primary N) is 1. The molecule has 2 heterocycles. The number of carbonyl (C=O) groups is 2. The van der Waals surface area contributed by atoms with Gasteiger partial charge < -0.3 is 10.6 Å². The first-order chi connectivity index (χ1) is 9.65.